The van der Waals surface area contributed by atoms with Gasteiger partial charge in [-0.25, -0.2) is 14.5 Å². The molecule has 0 saturated carbocycles. The van der Waals surface area contributed by atoms with Gasteiger partial charge in [0, 0.05) is 0 Å². The number of amides is 3. The second kappa shape index (κ2) is 6.28. The van der Waals surface area contributed by atoms with Crippen LogP contribution in [-0.2, 0) is 15.1 Å². The summed E-state index contributed by atoms with van der Waals surface area (Å²) in [5.74, 6) is -1.10. The second-order valence-electron chi connectivity index (χ2n) is 5.35. The number of urea groups is 1. The monoisotopic (exact) mass is 320 g/mol. The lowest BCUT2D eigenvalue weighted by molar-refractivity contribution is -0.148. The first kappa shape index (κ1) is 16.8. The Morgan fingerprint density at radius 1 is 1.30 bits per heavy atom. The molecule has 1 aromatic carbocycles. The van der Waals surface area contributed by atoms with E-state index in [2.05, 4.69) is 5.32 Å². The van der Waals surface area contributed by atoms with E-state index in [9.17, 15) is 19.5 Å². The lowest BCUT2D eigenvalue weighted by Crippen LogP contribution is -2.47. The average Bonchev–Trinajstić information content (AvgIpc) is 2.80. The third-order valence-electron chi connectivity index (χ3n) is 4.22. The first-order valence-corrected chi connectivity index (χ1v) is 7.44. The van der Waals surface area contributed by atoms with Crippen molar-refractivity contribution in [3.8, 4) is 5.75 Å². The Bertz CT molecular complexity index is 628. The molecule has 1 saturated heterocycles. The van der Waals surface area contributed by atoms with Crippen molar-refractivity contribution in [3.05, 3.63) is 29.8 Å². The van der Waals surface area contributed by atoms with E-state index in [-0.39, 0.29) is 6.42 Å². The molecule has 7 heteroatoms. The molecule has 2 N–H and O–H groups in total. The van der Waals surface area contributed by atoms with Crippen molar-refractivity contribution in [2.45, 2.75) is 38.3 Å². The number of benzene rings is 1. The molecule has 0 bridgehead atoms. The standard InChI is InChI=1S/C16H20N2O5/c1-4-12(13(19)20)18-14(21)16(5-2,17-15(18)22)10-6-8-11(23-3)9-7-10/h6-9,12H,4-5H2,1-3H3,(H,17,22)(H,19,20). The van der Waals surface area contributed by atoms with Gasteiger partial charge in [0.15, 0.2) is 0 Å². The van der Waals surface area contributed by atoms with Gasteiger partial charge in [0.05, 0.1) is 7.11 Å². The second-order valence-corrected chi connectivity index (χ2v) is 5.35. The van der Waals surface area contributed by atoms with Gasteiger partial charge in [0.1, 0.15) is 17.3 Å². The zero-order valence-electron chi connectivity index (χ0n) is 13.3. The fraction of sp³-hybridized carbons (Fsp3) is 0.438. The van der Waals surface area contributed by atoms with Gasteiger partial charge in [-0.05, 0) is 30.5 Å². The Hall–Kier alpha value is -2.57. The van der Waals surface area contributed by atoms with Crippen molar-refractivity contribution in [2.24, 2.45) is 0 Å². The van der Waals surface area contributed by atoms with Crippen LogP contribution in [0.3, 0.4) is 0 Å². The minimum atomic E-state index is -1.24. The van der Waals surface area contributed by atoms with E-state index in [1.165, 1.54) is 7.11 Å². The number of carboxylic acids is 1. The summed E-state index contributed by atoms with van der Waals surface area (Å²) in [5, 5.41) is 11.9. The predicted octanol–water partition coefficient (Wildman–Crippen LogP) is 1.72. The summed E-state index contributed by atoms with van der Waals surface area (Å²) in [5.41, 5.74) is -0.645. The van der Waals surface area contributed by atoms with Crippen LogP contribution in [0.15, 0.2) is 24.3 Å². The molecule has 2 unspecified atom stereocenters. The zero-order valence-corrected chi connectivity index (χ0v) is 13.3. The van der Waals surface area contributed by atoms with Gasteiger partial charge in [-0.1, -0.05) is 26.0 Å². The first-order chi connectivity index (χ1) is 10.9. The molecular formula is C16H20N2O5. The molecule has 23 heavy (non-hydrogen) atoms. The fourth-order valence-electron chi connectivity index (χ4n) is 2.86. The lowest BCUT2D eigenvalue weighted by atomic mass is 9.87. The highest BCUT2D eigenvalue weighted by atomic mass is 16.5. The highest BCUT2D eigenvalue weighted by molar-refractivity contribution is 6.09. The van der Waals surface area contributed by atoms with Gasteiger partial charge in [-0.2, -0.15) is 0 Å². The third-order valence-corrected chi connectivity index (χ3v) is 4.22. The van der Waals surface area contributed by atoms with Crippen molar-refractivity contribution in [3.63, 3.8) is 0 Å². The van der Waals surface area contributed by atoms with Crippen LogP contribution < -0.4 is 10.1 Å². The molecular weight excluding hydrogens is 300 g/mol. The van der Waals surface area contributed by atoms with Crippen LogP contribution in [0.4, 0.5) is 4.79 Å². The number of nitrogens with one attached hydrogen (secondary N) is 1. The van der Waals surface area contributed by atoms with Gasteiger partial charge in [0.25, 0.3) is 5.91 Å². The number of ether oxygens (including phenoxy) is 1. The Kier molecular flexibility index (Phi) is 4.58. The van der Waals surface area contributed by atoms with E-state index < -0.39 is 29.5 Å². The van der Waals surface area contributed by atoms with Gasteiger partial charge < -0.3 is 15.2 Å². The van der Waals surface area contributed by atoms with E-state index >= 15 is 0 Å². The van der Waals surface area contributed by atoms with Crippen LogP contribution in [0.5, 0.6) is 5.75 Å². The average molecular weight is 320 g/mol. The van der Waals surface area contributed by atoms with E-state index in [0.29, 0.717) is 17.7 Å². The molecule has 2 atom stereocenters. The number of hydrogen-bond acceptors (Lipinski definition) is 4. The summed E-state index contributed by atoms with van der Waals surface area (Å²) >= 11 is 0. The predicted molar refractivity (Wildman–Crippen MR) is 82.1 cm³/mol. The summed E-state index contributed by atoms with van der Waals surface area (Å²) in [6.07, 6.45) is 0.466. The number of carbonyl (C=O) groups is 3. The highest BCUT2D eigenvalue weighted by Crippen LogP contribution is 2.34. The number of imide groups is 1. The van der Waals surface area contributed by atoms with Crippen LogP contribution in [0.2, 0.25) is 0 Å². The number of aliphatic carboxylic acids is 1. The molecule has 1 aliphatic rings. The minimum absolute atomic E-state index is 0.150. The summed E-state index contributed by atoms with van der Waals surface area (Å²) in [6.45, 7) is 3.40. The smallest absolute Gasteiger partial charge is 0.326 e. The maximum absolute atomic E-state index is 12.9. The Morgan fingerprint density at radius 2 is 1.91 bits per heavy atom. The molecule has 0 aromatic heterocycles. The summed E-state index contributed by atoms with van der Waals surface area (Å²) in [7, 11) is 1.54. The zero-order chi connectivity index (χ0) is 17.2. The van der Waals surface area contributed by atoms with E-state index in [0.717, 1.165) is 4.90 Å². The van der Waals surface area contributed by atoms with Crippen molar-refractivity contribution in [2.75, 3.05) is 7.11 Å². The molecule has 0 aliphatic carbocycles. The van der Waals surface area contributed by atoms with Crippen LogP contribution >= 0.6 is 0 Å². The number of carbonyl (C=O) groups excluding carboxylic acids is 2. The Morgan fingerprint density at radius 3 is 2.35 bits per heavy atom. The Balaban J connectivity index is 2.45. The fourth-order valence-corrected chi connectivity index (χ4v) is 2.86. The van der Waals surface area contributed by atoms with E-state index in [1.807, 2.05) is 0 Å². The summed E-state index contributed by atoms with van der Waals surface area (Å²) < 4.78 is 5.09. The quantitative estimate of drug-likeness (QED) is 0.778. The highest BCUT2D eigenvalue weighted by Gasteiger charge is 2.54. The van der Waals surface area contributed by atoms with Crippen LogP contribution in [0, 0.1) is 0 Å². The lowest BCUT2D eigenvalue weighted by Gasteiger charge is -2.27. The molecule has 3 amide bonds. The largest absolute Gasteiger partial charge is 0.497 e. The van der Waals surface area contributed by atoms with Gasteiger partial charge >= 0.3 is 12.0 Å². The molecule has 0 radical (unpaired) electrons. The van der Waals surface area contributed by atoms with Gasteiger partial charge in [0.2, 0.25) is 0 Å². The molecule has 1 aliphatic heterocycles. The van der Waals surface area contributed by atoms with Crippen molar-refractivity contribution in [1.82, 2.24) is 10.2 Å². The third kappa shape index (κ3) is 2.62. The molecule has 124 valence electrons. The molecule has 1 heterocycles. The number of methoxy groups -OCH3 is 1. The number of rotatable bonds is 6. The van der Waals surface area contributed by atoms with Crippen molar-refractivity contribution < 1.29 is 24.2 Å². The molecule has 1 fully saturated rings. The maximum atomic E-state index is 12.9. The van der Waals surface area contributed by atoms with Gasteiger partial charge in [-0.3, -0.25) is 4.79 Å². The minimum Gasteiger partial charge on any atom is -0.497 e. The van der Waals surface area contributed by atoms with Crippen LogP contribution in [-0.4, -0.2) is 41.1 Å². The Labute approximate surface area is 134 Å². The molecule has 7 nitrogen and oxygen atoms in total. The van der Waals surface area contributed by atoms with E-state index in [4.69, 9.17) is 4.74 Å². The summed E-state index contributed by atoms with van der Waals surface area (Å²) in [6, 6.07) is 4.94. The SMILES string of the molecule is CCC(C(=O)O)N1C(=O)NC(CC)(c2ccc(OC)cc2)C1=O. The van der Waals surface area contributed by atoms with Crippen LogP contribution in [0.25, 0.3) is 0 Å². The van der Waals surface area contributed by atoms with Crippen LogP contribution in [0.1, 0.15) is 32.3 Å². The summed E-state index contributed by atoms with van der Waals surface area (Å²) in [4.78, 5) is 37.3. The van der Waals surface area contributed by atoms with Gasteiger partial charge in [-0.15, -0.1) is 0 Å². The maximum Gasteiger partial charge on any atom is 0.326 e. The number of nitrogens with zero attached hydrogens (tertiary/aromatic N) is 1. The number of carboxylic acid groups (broad SMARTS) is 1. The molecule has 0 spiro atoms. The van der Waals surface area contributed by atoms with Crippen molar-refractivity contribution >= 4 is 17.9 Å². The van der Waals surface area contributed by atoms with Crippen molar-refractivity contribution in [1.29, 1.82) is 0 Å². The van der Waals surface area contributed by atoms with E-state index in [1.54, 1.807) is 38.1 Å². The topological polar surface area (TPSA) is 95.9 Å². The molecule has 2 rings (SSSR count). The number of hydrogen-bond donors (Lipinski definition) is 2. The molecule has 1 aromatic rings. The normalized spacial score (nSPS) is 22.0. The first-order valence-electron chi connectivity index (χ1n) is 7.44.